The molecule has 0 radical (unpaired) electrons. The molecule has 1 saturated heterocycles. The second-order valence-electron chi connectivity index (χ2n) is 6.93. The largest absolute Gasteiger partial charge is 0.507 e. The Balaban J connectivity index is 1.92. The van der Waals surface area contributed by atoms with E-state index in [0.29, 0.717) is 27.6 Å². The molecule has 0 spiro atoms. The van der Waals surface area contributed by atoms with Crippen LogP contribution in [-0.2, 0) is 9.59 Å². The van der Waals surface area contributed by atoms with Crippen LogP contribution in [0, 0.1) is 5.82 Å². The fraction of sp³-hybridized carbons (Fsp3) is 0.0833. The van der Waals surface area contributed by atoms with Gasteiger partial charge < -0.3 is 9.84 Å². The molecular formula is C24H17ClFNO4. The van der Waals surface area contributed by atoms with E-state index in [9.17, 15) is 19.1 Å². The molecular weight excluding hydrogens is 421 g/mol. The number of hydrogen-bond acceptors (Lipinski definition) is 4. The topological polar surface area (TPSA) is 66.8 Å². The van der Waals surface area contributed by atoms with Gasteiger partial charge in [0.05, 0.1) is 18.7 Å². The molecule has 0 aromatic heterocycles. The van der Waals surface area contributed by atoms with Gasteiger partial charge in [-0.05, 0) is 66.2 Å². The molecule has 1 atom stereocenters. The lowest BCUT2D eigenvalue weighted by Crippen LogP contribution is -2.29. The highest BCUT2D eigenvalue weighted by atomic mass is 35.5. The van der Waals surface area contributed by atoms with Crippen molar-refractivity contribution in [1.82, 2.24) is 0 Å². The minimum Gasteiger partial charge on any atom is -0.507 e. The van der Waals surface area contributed by atoms with Crippen LogP contribution in [0.3, 0.4) is 0 Å². The second kappa shape index (κ2) is 8.24. The molecule has 1 aliphatic rings. The van der Waals surface area contributed by atoms with Crippen molar-refractivity contribution in [2.75, 3.05) is 12.0 Å². The number of anilines is 1. The van der Waals surface area contributed by atoms with Gasteiger partial charge in [-0.15, -0.1) is 0 Å². The molecule has 0 aliphatic carbocycles. The summed E-state index contributed by atoms with van der Waals surface area (Å²) in [6.07, 6.45) is 0. The van der Waals surface area contributed by atoms with Crippen LogP contribution in [0.25, 0.3) is 5.76 Å². The van der Waals surface area contributed by atoms with Crippen LogP contribution in [-0.4, -0.2) is 23.9 Å². The number of Topliss-reactive ketones (excluding diaryl/α,β-unsaturated/α-hetero) is 1. The Hall–Kier alpha value is -3.64. The van der Waals surface area contributed by atoms with Crippen molar-refractivity contribution in [3.63, 3.8) is 0 Å². The number of aliphatic hydroxyl groups is 1. The van der Waals surface area contributed by atoms with Crippen LogP contribution >= 0.6 is 11.6 Å². The normalized spacial score (nSPS) is 17.8. The summed E-state index contributed by atoms with van der Waals surface area (Å²) < 4.78 is 18.7. The van der Waals surface area contributed by atoms with Gasteiger partial charge in [-0.1, -0.05) is 23.7 Å². The number of carbonyl (C=O) groups is 2. The van der Waals surface area contributed by atoms with Crippen molar-refractivity contribution in [2.24, 2.45) is 0 Å². The number of ether oxygens (including phenoxy) is 1. The van der Waals surface area contributed by atoms with E-state index in [0.717, 1.165) is 0 Å². The smallest absolute Gasteiger partial charge is 0.300 e. The van der Waals surface area contributed by atoms with Gasteiger partial charge in [0.15, 0.2) is 0 Å². The Morgan fingerprint density at radius 2 is 1.58 bits per heavy atom. The van der Waals surface area contributed by atoms with E-state index < -0.39 is 23.5 Å². The van der Waals surface area contributed by atoms with E-state index >= 15 is 0 Å². The van der Waals surface area contributed by atoms with Crippen molar-refractivity contribution in [1.29, 1.82) is 0 Å². The van der Waals surface area contributed by atoms with Gasteiger partial charge in [-0.3, -0.25) is 14.5 Å². The van der Waals surface area contributed by atoms with Crippen LogP contribution in [0.2, 0.25) is 5.02 Å². The highest BCUT2D eigenvalue weighted by molar-refractivity contribution is 6.51. The van der Waals surface area contributed by atoms with E-state index in [-0.39, 0.29) is 11.3 Å². The minimum atomic E-state index is -0.910. The minimum absolute atomic E-state index is 0.0678. The maximum Gasteiger partial charge on any atom is 0.300 e. The van der Waals surface area contributed by atoms with Crippen LogP contribution < -0.4 is 9.64 Å². The number of halogens is 2. The molecule has 1 aliphatic heterocycles. The van der Waals surface area contributed by atoms with E-state index in [2.05, 4.69) is 0 Å². The Bertz CT molecular complexity index is 1170. The van der Waals surface area contributed by atoms with E-state index in [1.165, 1.54) is 36.3 Å². The van der Waals surface area contributed by atoms with E-state index in [1.54, 1.807) is 48.5 Å². The average molecular weight is 438 g/mol. The Kier molecular flexibility index (Phi) is 5.48. The zero-order chi connectivity index (χ0) is 22.1. The molecule has 7 heteroatoms. The first-order valence-electron chi connectivity index (χ1n) is 9.37. The monoisotopic (exact) mass is 437 g/mol. The zero-order valence-electron chi connectivity index (χ0n) is 16.4. The average Bonchev–Trinajstić information content (AvgIpc) is 3.05. The highest BCUT2D eigenvalue weighted by Crippen LogP contribution is 2.42. The van der Waals surface area contributed by atoms with Crippen molar-refractivity contribution in [3.05, 3.63) is 100 Å². The summed E-state index contributed by atoms with van der Waals surface area (Å²) in [6.45, 7) is 0. The number of carbonyl (C=O) groups excluding carboxylic acids is 2. The van der Waals surface area contributed by atoms with Gasteiger partial charge in [-0.2, -0.15) is 0 Å². The Morgan fingerprint density at radius 1 is 0.968 bits per heavy atom. The summed E-state index contributed by atoms with van der Waals surface area (Å²) >= 11 is 5.93. The van der Waals surface area contributed by atoms with Gasteiger partial charge >= 0.3 is 0 Å². The van der Waals surface area contributed by atoms with E-state index in [4.69, 9.17) is 16.3 Å². The van der Waals surface area contributed by atoms with Crippen LogP contribution in [0.15, 0.2) is 78.4 Å². The molecule has 1 heterocycles. The van der Waals surface area contributed by atoms with Gasteiger partial charge in [0.2, 0.25) is 0 Å². The van der Waals surface area contributed by atoms with Gasteiger partial charge in [0.1, 0.15) is 17.3 Å². The van der Waals surface area contributed by atoms with Crippen LogP contribution in [0.1, 0.15) is 17.2 Å². The first-order chi connectivity index (χ1) is 14.9. The van der Waals surface area contributed by atoms with Crippen molar-refractivity contribution in [2.45, 2.75) is 6.04 Å². The van der Waals surface area contributed by atoms with Crippen LogP contribution in [0.5, 0.6) is 5.75 Å². The summed E-state index contributed by atoms with van der Waals surface area (Å²) in [4.78, 5) is 27.3. The first kappa shape index (κ1) is 20.6. The number of benzene rings is 3. The fourth-order valence-electron chi connectivity index (χ4n) is 3.57. The maximum absolute atomic E-state index is 13.5. The lowest BCUT2D eigenvalue weighted by molar-refractivity contribution is -0.132. The number of amides is 1. The second-order valence-corrected chi connectivity index (χ2v) is 7.36. The molecule has 1 N–H and O–H groups in total. The number of hydrogen-bond donors (Lipinski definition) is 1. The van der Waals surface area contributed by atoms with Crippen molar-refractivity contribution < 1.29 is 23.8 Å². The quantitative estimate of drug-likeness (QED) is 0.350. The summed E-state index contributed by atoms with van der Waals surface area (Å²) in [7, 11) is 1.53. The number of nitrogens with zero attached hydrogens (tertiary/aromatic N) is 1. The zero-order valence-corrected chi connectivity index (χ0v) is 17.1. The predicted molar refractivity (Wildman–Crippen MR) is 116 cm³/mol. The summed E-state index contributed by atoms with van der Waals surface area (Å²) in [5, 5.41) is 11.5. The molecule has 4 rings (SSSR count). The summed E-state index contributed by atoms with van der Waals surface area (Å²) in [5.74, 6) is -1.84. The lowest BCUT2D eigenvalue weighted by Gasteiger charge is -2.25. The Morgan fingerprint density at radius 3 is 2.16 bits per heavy atom. The van der Waals surface area contributed by atoms with Gasteiger partial charge in [0.25, 0.3) is 11.7 Å². The number of rotatable bonds is 4. The number of aliphatic hydroxyl groups excluding tert-OH is 1. The third-order valence-corrected chi connectivity index (χ3v) is 5.35. The molecule has 3 aromatic rings. The SMILES string of the molecule is COc1ccc([C@H]2C(=C(O)c3ccc(Cl)cc3)C(=O)C(=O)N2c2ccc(F)cc2)cc1. The predicted octanol–water partition coefficient (Wildman–Crippen LogP) is 5.11. The summed E-state index contributed by atoms with van der Waals surface area (Å²) in [5.41, 5.74) is 1.20. The molecule has 1 amide bonds. The lowest BCUT2D eigenvalue weighted by atomic mass is 9.95. The van der Waals surface area contributed by atoms with Gasteiger partial charge in [-0.25, -0.2) is 4.39 Å². The number of ketones is 1. The summed E-state index contributed by atoms with van der Waals surface area (Å²) in [6, 6.07) is 17.4. The Labute approximate surface area is 182 Å². The molecule has 156 valence electrons. The molecule has 0 saturated carbocycles. The van der Waals surface area contributed by atoms with E-state index in [1.807, 2.05) is 0 Å². The maximum atomic E-state index is 13.5. The standard InChI is InChI=1S/C24H17ClFNO4/c1-31-19-12-4-14(5-13-19)21-20(22(28)15-2-6-16(25)7-3-15)23(29)24(30)27(21)18-10-8-17(26)9-11-18/h2-13,21,28H,1H3/t21-/m0/s1. The molecule has 3 aromatic carbocycles. The molecule has 31 heavy (non-hydrogen) atoms. The van der Waals surface area contributed by atoms with Gasteiger partial charge in [0, 0.05) is 16.3 Å². The molecule has 5 nitrogen and oxygen atoms in total. The molecule has 0 unspecified atom stereocenters. The molecule has 1 fully saturated rings. The highest BCUT2D eigenvalue weighted by Gasteiger charge is 2.46. The fourth-order valence-corrected chi connectivity index (χ4v) is 3.69. The molecule has 0 bridgehead atoms. The third-order valence-electron chi connectivity index (χ3n) is 5.10. The first-order valence-corrected chi connectivity index (χ1v) is 9.75. The third kappa shape index (κ3) is 3.78. The van der Waals surface area contributed by atoms with Crippen LogP contribution in [0.4, 0.5) is 10.1 Å². The van der Waals surface area contributed by atoms with Crippen molar-refractivity contribution >= 4 is 34.7 Å². The number of methoxy groups -OCH3 is 1. The van der Waals surface area contributed by atoms with Crippen molar-refractivity contribution in [3.8, 4) is 5.75 Å².